The maximum absolute atomic E-state index is 13.6. The molecule has 0 aliphatic rings. The molecule has 1 atom stereocenters. The van der Waals surface area contributed by atoms with Gasteiger partial charge in [0.2, 0.25) is 11.8 Å². The molecule has 0 aliphatic heterocycles. The quantitative estimate of drug-likeness (QED) is 0.390. The van der Waals surface area contributed by atoms with Crippen LogP contribution < -0.4 is 10.5 Å². The topological polar surface area (TPSA) is 94.7 Å². The van der Waals surface area contributed by atoms with Crippen LogP contribution in [0.1, 0.15) is 39.5 Å². The zero-order chi connectivity index (χ0) is 17.6. The maximum atomic E-state index is 13.6. The average Bonchev–Trinajstić information content (AvgIpc) is 2.50. The van der Waals surface area contributed by atoms with E-state index in [0.29, 0.717) is 12.8 Å². The van der Waals surface area contributed by atoms with Crippen molar-refractivity contribution >= 4 is 34.9 Å². The van der Waals surface area contributed by atoms with Gasteiger partial charge in [-0.15, -0.1) is 0 Å². The molecule has 0 fully saturated rings. The highest BCUT2D eigenvalue weighted by molar-refractivity contribution is 6.39. The first-order valence-electron chi connectivity index (χ1n) is 7.15. The van der Waals surface area contributed by atoms with Gasteiger partial charge in [-0.05, 0) is 12.8 Å². The van der Waals surface area contributed by atoms with Gasteiger partial charge in [0.1, 0.15) is 10.0 Å². The number of anilines is 1. The third kappa shape index (κ3) is 4.59. The van der Waals surface area contributed by atoms with Crippen molar-refractivity contribution in [3.8, 4) is 5.88 Å². The van der Waals surface area contributed by atoms with Crippen molar-refractivity contribution in [3.63, 3.8) is 0 Å². The van der Waals surface area contributed by atoms with Gasteiger partial charge in [-0.3, -0.25) is 0 Å². The van der Waals surface area contributed by atoms with E-state index in [2.05, 4.69) is 4.98 Å². The molecule has 0 saturated carbocycles. The Balaban J connectivity index is 3.21. The standard InChI is InChI=1S/C14H19Cl2FN2O4/c1-3-5-7-22-14(6-4-2,13(20)21)23-12-9(16)10(18)8(15)11(17)19-12/h3-7H2,1-2H3,(H2,18,19)(H,20,21). The van der Waals surface area contributed by atoms with Crippen molar-refractivity contribution in [3.05, 3.63) is 16.0 Å². The number of carbonyl (C=O) groups is 1. The molecule has 1 unspecified atom stereocenters. The van der Waals surface area contributed by atoms with Crippen LogP contribution in [0.4, 0.5) is 10.1 Å². The van der Waals surface area contributed by atoms with Gasteiger partial charge in [0.25, 0.3) is 0 Å². The number of aromatic nitrogens is 1. The number of ether oxygens (including phenoxy) is 2. The fourth-order valence-electron chi connectivity index (χ4n) is 1.81. The lowest BCUT2D eigenvalue weighted by Gasteiger charge is -2.30. The predicted octanol–water partition coefficient (Wildman–Crippen LogP) is 3.89. The van der Waals surface area contributed by atoms with Crippen LogP contribution in [-0.4, -0.2) is 28.5 Å². The summed E-state index contributed by atoms with van der Waals surface area (Å²) >= 11 is 11.5. The van der Waals surface area contributed by atoms with Gasteiger partial charge in [0.15, 0.2) is 0 Å². The van der Waals surface area contributed by atoms with Crippen molar-refractivity contribution in [2.24, 2.45) is 0 Å². The van der Waals surface area contributed by atoms with Crippen LogP contribution >= 0.6 is 23.2 Å². The first-order valence-corrected chi connectivity index (χ1v) is 7.91. The van der Waals surface area contributed by atoms with Crippen LogP contribution in [-0.2, 0) is 9.53 Å². The second-order valence-corrected chi connectivity index (χ2v) is 5.62. The Hall–Kier alpha value is -1.31. The highest BCUT2D eigenvalue weighted by Gasteiger charge is 2.43. The number of aliphatic carboxylic acids is 1. The zero-order valence-electron chi connectivity index (χ0n) is 12.9. The number of nitrogen functional groups attached to an aromatic ring is 1. The normalized spacial score (nSPS) is 13.6. The van der Waals surface area contributed by atoms with Crippen molar-refractivity contribution in [2.45, 2.75) is 45.3 Å². The number of nitrogens with two attached hydrogens (primary N) is 1. The average molecular weight is 369 g/mol. The van der Waals surface area contributed by atoms with Crippen LogP contribution in [0.5, 0.6) is 5.88 Å². The summed E-state index contributed by atoms with van der Waals surface area (Å²) in [6, 6.07) is 0. The van der Waals surface area contributed by atoms with Gasteiger partial charge in [0, 0.05) is 6.42 Å². The number of unbranched alkanes of at least 4 members (excludes halogenated alkanes) is 1. The van der Waals surface area contributed by atoms with Gasteiger partial charge in [-0.2, -0.15) is 9.37 Å². The van der Waals surface area contributed by atoms with E-state index >= 15 is 0 Å². The van der Waals surface area contributed by atoms with E-state index in [1.54, 1.807) is 6.92 Å². The molecular formula is C14H19Cl2FN2O4. The lowest BCUT2D eigenvalue weighted by Crippen LogP contribution is -2.47. The third-order valence-corrected chi connectivity index (χ3v) is 3.77. The molecule has 1 heterocycles. The highest BCUT2D eigenvalue weighted by Crippen LogP contribution is 2.37. The highest BCUT2D eigenvalue weighted by atomic mass is 35.5. The number of carboxylic acids is 1. The molecule has 0 aliphatic carbocycles. The molecule has 3 N–H and O–H groups in total. The first-order chi connectivity index (χ1) is 10.8. The van der Waals surface area contributed by atoms with E-state index in [-0.39, 0.29) is 23.7 Å². The first kappa shape index (κ1) is 19.7. The van der Waals surface area contributed by atoms with E-state index in [1.807, 2.05) is 6.92 Å². The van der Waals surface area contributed by atoms with Gasteiger partial charge in [-0.25, -0.2) is 4.79 Å². The van der Waals surface area contributed by atoms with E-state index in [4.69, 9.17) is 38.4 Å². The molecule has 23 heavy (non-hydrogen) atoms. The summed E-state index contributed by atoms with van der Waals surface area (Å²) in [5.74, 6) is -4.96. The predicted molar refractivity (Wildman–Crippen MR) is 85.4 cm³/mol. The second-order valence-electron chi connectivity index (χ2n) is 4.86. The molecule has 0 aromatic carbocycles. The summed E-state index contributed by atoms with van der Waals surface area (Å²) < 4.78 is 24.4. The molecule has 1 aromatic heterocycles. The molecule has 0 spiro atoms. The smallest absolute Gasteiger partial charge is 0.377 e. The fraction of sp³-hybridized carbons (Fsp3) is 0.571. The van der Waals surface area contributed by atoms with Crippen LogP contribution in [0, 0.1) is 5.95 Å². The zero-order valence-corrected chi connectivity index (χ0v) is 14.4. The number of hydrogen-bond acceptors (Lipinski definition) is 5. The van der Waals surface area contributed by atoms with Crippen molar-refractivity contribution in [2.75, 3.05) is 12.3 Å². The number of rotatable bonds is 9. The number of halogens is 3. The number of hydrogen-bond donors (Lipinski definition) is 2. The second kappa shape index (κ2) is 8.52. The maximum Gasteiger partial charge on any atom is 0.377 e. The molecule has 130 valence electrons. The Morgan fingerprint density at radius 1 is 1.35 bits per heavy atom. The van der Waals surface area contributed by atoms with Crippen LogP contribution in [0.2, 0.25) is 10.0 Å². The molecule has 1 aromatic rings. The molecule has 0 bridgehead atoms. The largest absolute Gasteiger partial charge is 0.476 e. The van der Waals surface area contributed by atoms with Crippen molar-refractivity contribution in [1.82, 2.24) is 4.98 Å². The summed E-state index contributed by atoms with van der Waals surface area (Å²) in [4.78, 5) is 15.1. The van der Waals surface area contributed by atoms with Gasteiger partial charge < -0.3 is 20.3 Å². The van der Waals surface area contributed by atoms with Crippen molar-refractivity contribution in [1.29, 1.82) is 0 Å². The summed E-state index contributed by atoms with van der Waals surface area (Å²) in [6.07, 6.45) is 1.92. The van der Waals surface area contributed by atoms with E-state index in [9.17, 15) is 14.3 Å². The van der Waals surface area contributed by atoms with Gasteiger partial charge in [0.05, 0.1) is 12.3 Å². The molecule has 1 rings (SSSR count). The summed E-state index contributed by atoms with van der Waals surface area (Å²) in [7, 11) is 0. The Morgan fingerprint density at radius 3 is 2.52 bits per heavy atom. The van der Waals surface area contributed by atoms with Gasteiger partial charge in [-0.1, -0.05) is 43.5 Å². The number of nitrogens with zero attached hydrogens (tertiary/aromatic N) is 1. The minimum atomic E-state index is -2.02. The minimum absolute atomic E-state index is 0.0220. The number of carboxylic acid groups (broad SMARTS) is 1. The van der Waals surface area contributed by atoms with E-state index < -0.39 is 28.6 Å². The monoisotopic (exact) mass is 368 g/mol. The van der Waals surface area contributed by atoms with E-state index in [0.717, 1.165) is 6.42 Å². The Bertz CT molecular complexity index is 574. The lowest BCUT2D eigenvalue weighted by molar-refractivity contribution is -0.216. The molecule has 0 amide bonds. The molecule has 9 heteroatoms. The Kier molecular flexibility index (Phi) is 7.31. The minimum Gasteiger partial charge on any atom is -0.476 e. The Labute approximate surface area is 143 Å². The lowest BCUT2D eigenvalue weighted by atomic mass is 10.1. The van der Waals surface area contributed by atoms with Gasteiger partial charge >= 0.3 is 11.8 Å². The third-order valence-electron chi connectivity index (χ3n) is 3.04. The summed E-state index contributed by atoms with van der Waals surface area (Å²) in [5.41, 5.74) is 5.28. The van der Waals surface area contributed by atoms with Crippen molar-refractivity contribution < 1.29 is 23.8 Å². The summed E-state index contributed by atoms with van der Waals surface area (Å²) in [5, 5.41) is 8.81. The summed E-state index contributed by atoms with van der Waals surface area (Å²) in [6.45, 7) is 3.85. The number of pyridine rings is 1. The van der Waals surface area contributed by atoms with Crippen LogP contribution in [0.15, 0.2) is 0 Å². The van der Waals surface area contributed by atoms with E-state index in [1.165, 1.54) is 0 Å². The SMILES string of the molecule is CCCCOC(CCC)(Oc1nc(F)c(Cl)c(N)c1Cl)C(=O)O. The molecule has 0 saturated heterocycles. The van der Waals surface area contributed by atoms with Crippen LogP contribution in [0.25, 0.3) is 0 Å². The fourth-order valence-corrected chi connectivity index (χ4v) is 2.17. The van der Waals surface area contributed by atoms with Crippen LogP contribution in [0.3, 0.4) is 0 Å². The Morgan fingerprint density at radius 2 is 2.00 bits per heavy atom. The molecule has 6 nitrogen and oxygen atoms in total. The molecule has 0 radical (unpaired) electrons. The molecular weight excluding hydrogens is 350 g/mol.